The van der Waals surface area contributed by atoms with E-state index in [9.17, 15) is 18.4 Å². The highest BCUT2D eigenvalue weighted by atomic mass is 19.3. The molecule has 2 aromatic rings. The van der Waals surface area contributed by atoms with Crippen molar-refractivity contribution in [1.82, 2.24) is 5.32 Å². The first-order valence-corrected chi connectivity index (χ1v) is 7.05. The molecule has 0 unspecified atom stereocenters. The summed E-state index contributed by atoms with van der Waals surface area (Å²) < 4.78 is 32.8. The third-order valence-electron chi connectivity index (χ3n) is 3.22. The Labute approximate surface area is 136 Å². The summed E-state index contributed by atoms with van der Waals surface area (Å²) in [7, 11) is 0. The summed E-state index contributed by atoms with van der Waals surface area (Å²) in [5.41, 5.74) is 0.254. The van der Waals surface area contributed by atoms with Crippen molar-refractivity contribution in [2.75, 3.05) is 6.54 Å². The molecular formula is C17H15F2NO4. The van der Waals surface area contributed by atoms with Gasteiger partial charge in [-0.25, -0.2) is 9.59 Å². The van der Waals surface area contributed by atoms with Crippen LogP contribution in [0.15, 0.2) is 54.6 Å². The van der Waals surface area contributed by atoms with E-state index in [0.717, 1.165) is 29.8 Å². The number of halogens is 2. The van der Waals surface area contributed by atoms with E-state index in [1.807, 2.05) is 5.32 Å². The van der Waals surface area contributed by atoms with Crippen LogP contribution in [0.1, 0.15) is 21.5 Å². The fourth-order valence-corrected chi connectivity index (χ4v) is 1.92. The Balaban J connectivity index is 1.87. The number of ether oxygens (including phenoxy) is 1. The van der Waals surface area contributed by atoms with Gasteiger partial charge < -0.3 is 15.2 Å². The number of benzene rings is 2. The molecule has 0 aliphatic heterocycles. The number of rotatable bonds is 6. The predicted octanol–water partition coefficient (Wildman–Crippen LogP) is 3.40. The zero-order valence-corrected chi connectivity index (χ0v) is 12.5. The Bertz CT molecular complexity index is 702. The van der Waals surface area contributed by atoms with Gasteiger partial charge in [0.1, 0.15) is 6.61 Å². The van der Waals surface area contributed by atoms with Crippen LogP contribution in [-0.2, 0) is 17.3 Å². The molecule has 0 bridgehead atoms. The van der Waals surface area contributed by atoms with E-state index in [1.165, 1.54) is 0 Å². The molecule has 0 spiro atoms. The van der Waals surface area contributed by atoms with Crippen LogP contribution in [0.3, 0.4) is 0 Å². The number of aromatic carboxylic acids is 1. The maximum absolute atomic E-state index is 14.0. The Morgan fingerprint density at radius 3 is 2.25 bits per heavy atom. The highest BCUT2D eigenvalue weighted by Gasteiger charge is 2.32. The maximum atomic E-state index is 14.0. The van der Waals surface area contributed by atoms with Crippen LogP contribution in [0.25, 0.3) is 0 Å². The van der Waals surface area contributed by atoms with Gasteiger partial charge in [-0.15, -0.1) is 0 Å². The second-order valence-electron chi connectivity index (χ2n) is 5.00. The van der Waals surface area contributed by atoms with Crippen LogP contribution in [-0.4, -0.2) is 23.7 Å². The highest BCUT2D eigenvalue weighted by molar-refractivity contribution is 5.87. The molecule has 2 rings (SSSR count). The summed E-state index contributed by atoms with van der Waals surface area (Å²) in [6, 6.07) is 13.0. The van der Waals surface area contributed by atoms with Gasteiger partial charge in [0.05, 0.1) is 12.1 Å². The summed E-state index contributed by atoms with van der Waals surface area (Å²) in [6.45, 7) is -0.974. The molecule has 0 atom stereocenters. The highest BCUT2D eigenvalue weighted by Crippen LogP contribution is 2.27. The Hall–Kier alpha value is -2.96. The molecule has 0 saturated heterocycles. The summed E-state index contributed by atoms with van der Waals surface area (Å²) in [6.07, 6.45) is -0.958. The molecule has 2 aromatic carbocycles. The summed E-state index contributed by atoms with van der Waals surface area (Å²) in [4.78, 5) is 22.2. The lowest BCUT2D eigenvalue weighted by Gasteiger charge is -2.17. The molecule has 0 radical (unpaired) electrons. The number of carbonyl (C=O) groups excluding carboxylic acids is 1. The van der Waals surface area contributed by atoms with E-state index < -0.39 is 30.1 Å². The first-order valence-electron chi connectivity index (χ1n) is 7.05. The number of nitrogens with one attached hydrogen (secondary N) is 1. The lowest BCUT2D eigenvalue weighted by molar-refractivity contribution is -0.00382. The fraction of sp³-hybridized carbons (Fsp3) is 0.176. The van der Waals surface area contributed by atoms with Gasteiger partial charge in [0, 0.05) is 5.56 Å². The average Bonchev–Trinajstić information content (AvgIpc) is 2.59. The number of carbonyl (C=O) groups is 2. The molecule has 0 heterocycles. The van der Waals surface area contributed by atoms with Gasteiger partial charge in [-0.2, -0.15) is 8.78 Å². The fourth-order valence-electron chi connectivity index (χ4n) is 1.92. The number of alkyl halides is 2. The minimum absolute atomic E-state index is 0.0223. The predicted molar refractivity (Wildman–Crippen MR) is 81.9 cm³/mol. The van der Waals surface area contributed by atoms with Crippen LogP contribution in [0, 0.1) is 0 Å². The van der Waals surface area contributed by atoms with Crippen LogP contribution in [0.2, 0.25) is 0 Å². The molecule has 5 nitrogen and oxygen atoms in total. The van der Waals surface area contributed by atoms with Gasteiger partial charge in [-0.05, 0) is 17.7 Å². The molecule has 0 fully saturated rings. The van der Waals surface area contributed by atoms with E-state index >= 15 is 0 Å². The van der Waals surface area contributed by atoms with Gasteiger partial charge in [-0.3, -0.25) is 0 Å². The van der Waals surface area contributed by atoms with Gasteiger partial charge >= 0.3 is 12.1 Å². The Morgan fingerprint density at radius 1 is 1.04 bits per heavy atom. The molecular weight excluding hydrogens is 320 g/mol. The van der Waals surface area contributed by atoms with Crippen molar-refractivity contribution in [3.8, 4) is 0 Å². The Morgan fingerprint density at radius 2 is 1.67 bits per heavy atom. The number of hydrogen-bond donors (Lipinski definition) is 2. The smallest absolute Gasteiger partial charge is 0.407 e. The van der Waals surface area contributed by atoms with E-state index in [4.69, 9.17) is 9.84 Å². The lowest BCUT2D eigenvalue weighted by atomic mass is 10.1. The Kier molecular flexibility index (Phi) is 5.47. The van der Waals surface area contributed by atoms with Crippen molar-refractivity contribution < 1.29 is 28.2 Å². The van der Waals surface area contributed by atoms with Crippen molar-refractivity contribution >= 4 is 12.1 Å². The molecule has 126 valence electrons. The molecule has 0 saturated carbocycles. The van der Waals surface area contributed by atoms with Gasteiger partial charge in [-0.1, -0.05) is 42.5 Å². The largest absolute Gasteiger partial charge is 0.478 e. The standard InChI is InChI=1S/C17H15F2NO4/c18-17(19,14-8-6-13(7-9-14)15(21)22)11-20-16(23)24-10-12-4-2-1-3-5-12/h1-9H,10-11H2,(H,20,23)(H,21,22). The van der Waals surface area contributed by atoms with E-state index in [0.29, 0.717) is 0 Å². The van der Waals surface area contributed by atoms with Gasteiger partial charge in [0.2, 0.25) is 0 Å². The molecule has 2 N–H and O–H groups in total. The number of carboxylic acids is 1. The molecule has 24 heavy (non-hydrogen) atoms. The SMILES string of the molecule is O=C(NCC(F)(F)c1ccc(C(=O)O)cc1)OCc1ccccc1. The molecule has 7 heteroatoms. The van der Waals surface area contributed by atoms with Crippen molar-refractivity contribution in [2.45, 2.75) is 12.5 Å². The first kappa shape index (κ1) is 17.4. The monoisotopic (exact) mass is 335 g/mol. The van der Waals surface area contributed by atoms with Crippen LogP contribution < -0.4 is 5.32 Å². The number of amides is 1. The molecule has 1 amide bonds. The first-order chi connectivity index (χ1) is 11.4. The lowest BCUT2D eigenvalue weighted by Crippen LogP contribution is -2.35. The third kappa shape index (κ3) is 4.77. The second-order valence-corrected chi connectivity index (χ2v) is 5.00. The zero-order valence-electron chi connectivity index (χ0n) is 12.5. The summed E-state index contributed by atoms with van der Waals surface area (Å²) >= 11 is 0. The van der Waals surface area contributed by atoms with Crippen molar-refractivity contribution in [1.29, 1.82) is 0 Å². The average molecular weight is 335 g/mol. The van der Waals surface area contributed by atoms with Gasteiger partial charge in [0.25, 0.3) is 5.92 Å². The minimum atomic E-state index is -3.34. The van der Waals surface area contributed by atoms with E-state index in [-0.39, 0.29) is 12.2 Å². The topological polar surface area (TPSA) is 75.6 Å². The normalized spacial score (nSPS) is 10.9. The molecule has 0 aliphatic rings. The number of carboxylic acid groups (broad SMARTS) is 1. The maximum Gasteiger partial charge on any atom is 0.407 e. The minimum Gasteiger partial charge on any atom is -0.478 e. The van der Waals surface area contributed by atoms with Gasteiger partial charge in [0.15, 0.2) is 0 Å². The molecule has 0 aromatic heterocycles. The number of alkyl carbamates (subject to hydrolysis) is 1. The van der Waals surface area contributed by atoms with Crippen molar-refractivity contribution in [3.05, 3.63) is 71.3 Å². The second kappa shape index (κ2) is 7.54. The number of hydrogen-bond acceptors (Lipinski definition) is 3. The summed E-state index contributed by atoms with van der Waals surface area (Å²) in [5.74, 6) is -4.55. The quantitative estimate of drug-likeness (QED) is 0.848. The zero-order chi connectivity index (χ0) is 17.6. The van der Waals surface area contributed by atoms with Crippen LogP contribution in [0.5, 0.6) is 0 Å². The van der Waals surface area contributed by atoms with Crippen molar-refractivity contribution in [3.63, 3.8) is 0 Å². The van der Waals surface area contributed by atoms with Crippen molar-refractivity contribution in [2.24, 2.45) is 0 Å². The molecule has 0 aliphatic carbocycles. The third-order valence-corrected chi connectivity index (χ3v) is 3.22. The van der Waals surface area contributed by atoms with Crippen LogP contribution >= 0.6 is 0 Å². The van der Waals surface area contributed by atoms with E-state index in [2.05, 4.69) is 0 Å². The van der Waals surface area contributed by atoms with E-state index in [1.54, 1.807) is 30.3 Å². The summed E-state index contributed by atoms with van der Waals surface area (Å²) in [5, 5.41) is 10.7. The van der Waals surface area contributed by atoms with Crippen LogP contribution in [0.4, 0.5) is 13.6 Å².